The summed E-state index contributed by atoms with van der Waals surface area (Å²) < 4.78 is 44.8. The number of amides is 1. The molecular weight excluding hydrogens is 409 g/mol. The van der Waals surface area contributed by atoms with Crippen molar-refractivity contribution in [3.05, 3.63) is 58.4 Å². The van der Waals surface area contributed by atoms with Crippen LogP contribution in [0, 0.1) is 12.7 Å². The van der Waals surface area contributed by atoms with Crippen LogP contribution >= 0.6 is 11.6 Å². The zero-order valence-corrected chi connectivity index (χ0v) is 17.0. The van der Waals surface area contributed by atoms with Crippen molar-refractivity contribution in [1.29, 1.82) is 0 Å². The molecule has 0 aliphatic heterocycles. The molecule has 0 heterocycles. The number of carbonyl (C=O) groups is 1. The normalized spacial score (nSPS) is 11.8. The second-order valence-electron chi connectivity index (χ2n) is 5.82. The van der Waals surface area contributed by atoms with Gasteiger partial charge in [0.25, 0.3) is 5.91 Å². The Hall–Kier alpha value is -2.49. The number of nitrogens with one attached hydrogen (secondary N) is 1. The van der Waals surface area contributed by atoms with E-state index in [1.807, 2.05) is 0 Å². The minimum atomic E-state index is -3.89. The van der Waals surface area contributed by atoms with Crippen molar-refractivity contribution in [2.45, 2.75) is 11.8 Å². The molecule has 28 heavy (non-hydrogen) atoms. The Morgan fingerprint density at radius 3 is 2.68 bits per heavy atom. The van der Waals surface area contributed by atoms with Crippen LogP contribution in [0.5, 0.6) is 5.75 Å². The molecule has 2 rings (SSSR count). The molecule has 0 spiro atoms. The van der Waals surface area contributed by atoms with Gasteiger partial charge in [-0.2, -0.15) is 9.41 Å². The van der Waals surface area contributed by atoms with Crippen molar-refractivity contribution in [3.8, 4) is 5.75 Å². The third-order valence-corrected chi connectivity index (χ3v) is 5.95. The molecule has 0 atom stereocenters. The van der Waals surface area contributed by atoms with Crippen LogP contribution in [0.1, 0.15) is 11.1 Å². The number of aryl methyl sites for hydroxylation is 1. The molecule has 0 aliphatic rings. The van der Waals surface area contributed by atoms with Gasteiger partial charge < -0.3 is 4.74 Å². The van der Waals surface area contributed by atoms with Gasteiger partial charge in [0.2, 0.25) is 10.0 Å². The lowest BCUT2D eigenvalue weighted by Crippen LogP contribution is -2.36. The van der Waals surface area contributed by atoms with E-state index in [-0.39, 0.29) is 15.5 Å². The van der Waals surface area contributed by atoms with Gasteiger partial charge in [-0.05, 0) is 42.8 Å². The Bertz CT molecular complexity index is 992. The van der Waals surface area contributed by atoms with Gasteiger partial charge in [0.15, 0.2) is 0 Å². The van der Waals surface area contributed by atoms with Crippen LogP contribution in [0.3, 0.4) is 0 Å². The number of hydrazone groups is 1. The van der Waals surface area contributed by atoms with E-state index in [9.17, 15) is 17.6 Å². The highest BCUT2D eigenvalue weighted by Gasteiger charge is 2.23. The van der Waals surface area contributed by atoms with Gasteiger partial charge >= 0.3 is 0 Å². The second kappa shape index (κ2) is 9.13. The molecule has 0 radical (unpaired) electrons. The van der Waals surface area contributed by atoms with Crippen LogP contribution in [-0.4, -0.2) is 45.5 Å². The summed E-state index contributed by atoms with van der Waals surface area (Å²) >= 11 is 5.85. The molecule has 0 saturated carbocycles. The van der Waals surface area contributed by atoms with Crippen molar-refractivity contribution in [1.82, 2.24) is 9.73 Å². The number of methoxy groups -OCH3 is 1. The maximum Gasteiger partial charge on any atom is 0.255 e. The quantitative estimate of drug-likeness (QED) is 0.543. The van der Waals surface area contributed by atoms with Crippen molar-refractivity contribution < 1.29 is 22.3 Å². The monoisotopic (exact) mass is 427 g/mol. The number of sulfonamides is 1. The molecule has 1 amide bonds. The predicted molar refractivity (Wildman–Crippen MR) is 105 cm³/mol. The number of benzene rings is 2. The summed E-state index contributed by atoms with van der Waals surface area (Å²) in [6.45, 7) is 1.24. The minimum Gasteiger partial charge on any atom is -0.496 e. The molecule has 0 aliphatic carbocycles. The molecule has 150 valence electrons. The van der Waals surface area contributed by atoms with E-state index in [0.717, 1.165) is 10.5 Å². The topological polar surface area (TPSA) is 88.1 Å². The van der Waals surface area contributed by atoms with Gasteiger partial charge in [0.05, 0.1) is 29.8 Å². The summed E-state index contributed by atoms with van der Waals surface area (Å²) in [6.07, 6.45) is 1.05. The number of hydrogen-bond acceptors (Lipinski definition) is 5. The maximum atomic E-state index is 13.6. The smallest absolute Gasteiger partial charge is 0.255 e. The molecule has 2 aromatic carbocycles. The Kier molecular flexibility index (Phi) is 7.11. The third kappa shape index (κ3) is 5.06. The lowest BCUT2D eigenvalue weighted by molar-refractivity contribution is -0.121. The first-order valence-electron chi connectivity index (χ1n) is 8.03. The van der Waals surface area contributed by atoms with E-state index in [1.54, 1.807) is 13.0 Å². The highest BCUT2D eigenvalue weighted by molar-refractivity contribution is 7.89. The van der Waals surface area contributed by atoms with Crippen molar-refractivity contribution >= 4 is 33.7 Å². The first-order valence-corrected chi connectivity index (χ1v) is 9.85. The van der Waals surface area contributed by atoms with Crippen LogP contribution in [0.15, 0.2) is 46.4 Å². The first kappa shape index (κ1) is 21.8. The number of likely N-dealkylation sites (N-methyl/N-ethyl adjacent to an activating group) is 1. The molecule has 0 saturated heterocycles. The van der Waals surface area contributed by atoms with Crippen LogP contribution < -0.4 is 10.2 Å². The van der Waals surface area contributed by atoms with Crippen LogP contribution in [-0.2, 0) is 14.8 Å². The van der Waals surface area contributed by atoms with Crippen LogP contribution in [0.4, 0.5) is 4.39 Å². The lowest BCUT2D eigenvalue weighted by atomic mass is 10.2. The van der Waals surface area contributed by atoms with E-state index in [1.165, 1.54) is 44.5 Å². The van der Waals surface area contributed by atoms with Gasteiger partial charge in [-0.25, -0.2) is 18.2 Å². The average molecular weight is 428 g/mol. The van der Waals surface area contributed by atoms with E-state index in [0.29, 0.717) is 11.3 Å². The fourth-order valence-electron chi connectivity index (χ4n) is 2.32. The number of ether oxygens (including phenoxy) is 1. The molecule has 1 N–H and O–H groups in total. The van der Waals surface area contributed by atoms with E-state index in [4.69, 9.17) is 16.3 Å². The zero-order valence-electron chi connectivity index (χ0n) is 15.4. The molecular formula is C18H19ClFN3O4S. The molecule has 2 aromatic rings. The van der Waals surface area contributed by atoms with E-state index >= 15 is 0 Å². The van der Waals surface area contributed by atoms with Gasteiger partial charge in [-0.1, -0.05) is 17.7 Å². The van der Waals surface area contributed by atoms with Crippen LogP contribution in [0.25, 0.3) is 0 Å². The van der Waals surface area contributed by atoms with E-state index in [2.05, 4.69) is 10.5 Å². The van der Waals surface area contributed by atoms with Gasteiger partial charge in [0, 0.05) is 12.6 Å². The largest absolute Gasteiger partial charge is 0.496 e. The molecule has 0 fully saturated rings. The molecule has 10 heteroatoms. The highest BCUT2D eigenvalue weighted by Crippen LogP contribution is 2.23. The van der Waals surface area contributed by atoms with E-state index < -0.39 is 28.3 Å². The SMILES string of the molecule is COc1ccc(S(=O)(=O)N(C)CC(=O)NN=Cc2c(F)cccc2Cl)cc1C. The Morgan fingerprint density at radius 1 is 1.36 bits per heavy atom. The summed E-state index contributed by atoms with van der Waals surface area (Å²) in [5.41, 5.74) is 2.81. The lowest BCUT2D eigenvalue weighted by Gasteiger charge is -2.17. The first-order chi connectivity index (χ1) is 13.2. The van der Waals surface area contributed by atoms with Gasteiger partial charge in [-0.15, -0.1) is 0 Å². The highest BCUT2D eigenvalue weighted by atomic mass is 35.5. The summed E-state index contributed by atoms with van der Waals surface area (Å²) in [5.74, 6) is -0.736. The minimum absolute atomic E-state index is 0.0131. The summed E-state index contributed by atoms with van der Waals surface area (Å²) in [7, 11) is -1.13. The molecule has 0 aromatic heterocycles. The fraction of sp³-hybridized carbons (Fsp3) is 0.222. The second-order valence-corrected chi connectivity index (χ2v) is 8.27. The molecule has 7 nitrogen and oxygen atoms in total. The molecule has 0 bridgehead atoms. The Balaban J connectivity index is 2.05. The van der Waals surface area contributed by atoms with Gasteiger partial charge in [0.1, 0.15) is 11.6 Å². The van der Waals surface area contributed by atoms with Crippen molar-refractivity contribution in [2.24, 2.45) is 5.10 Å². The Morgan fingerprint density at radius 2 is 2.07 bits per heavy atom. The number of nitrogens with zero attached hydrogens (tertiary/aromatic N) is 2. The van der Waals surface area contributed by atoms with Gasteiger partial charge in [-0.3, -0.25) is 4.79 Å². The number of rotatable bonds is 7. The number of carbonyl (C=O) groups excluding carboxylic acids is 1. The maximum absolute atomic E-state index is 13.6. The zero-order chi connectivity index (χ0) is 20.9. The van der Waals surface area contributed by atoms with Crippen LogP contribution in [0.2, 0.25) is 5.02 Å². The van der Waals surface area contributed by atoms with Crippen molar-refractivity contribution in [3.63, 3.8) is 0 Å². The number of hydrogen-bond donors (Lipinski definition) is 1. The molecule has 0 unspecified atom stereocenters. The third-order valence-electron chi connectivity index (χ3n) is 3.82. The van der Waals surface area contributed by atoms with Crippen molar-refractivity contribution in [2.75, 3.05) is 20.7 Å². The summed E-state index contributed by atoms with van der Waals surface area (Å²) in [6, 6.07) is 8.51. The predicted octanol–water partition coefficient (Wildman–Crippen LogP) is 2.57. The average Bonchev–Trinajstić information content (AvgIpc) is 2.64. The Labute approximate surface area is 167 Å². The number of halogens is 2. The summed E-state index contributed by atoms with van der Waals surface area (Å²) in [5, 5.41) is 3.75. The summed E-state index contributed by atoms with van der Waals surface area (Å²) in [4.78, 5) is 12.0. The standard InChI is InChI=1S/C18H19ClFN3O4S/c1-12-9-13(7-8-17(12)27-3)28(25,26)23(2)11-18(24)22-21-10-14-15(19)5-4-6-16(14)20/h4-10H,11H2,1-3H3,(H,22,24). The fourth-order valence-corrected chi connectivity index (χ4v) is 3.74.